The summed E-state index contributed by atoms with van der Waals surface area (Å²) in [5, 5.41) is 3.18. The third kappa shape index (κ3) is 5.04. The van der Waals surface area contributed by atoms with Gasteiger partial charge in [-0.3, -0.25) is 0 Å². The van der Waals surface area contributed by atoms with E-state index in [1.807, 2.05) is 46.8 Å². The molecule has 4 nitrogen and oxygen atoms in total. The zero-order chi connectivity index (χ0) is 15.5. The third-order valence-corrected chi connectivity index (χ3v) is 3.15. The Hall–Kier alpha value is -1.23. The molecule has 1 atom stereocenters. The van der Waals surface area contributed by atoms with Crippen LogP contribution in [0.1, 0.15) is 34.6 Å². The summed E-state index contributed by atoms with van der Waals surface area (Å²) in [4.78, 5) is 12.3. The van der Waals surface area contributed by atoms with Gasteiger partial charge in [-0.25, -0.2) is 4.79 Å². The van der Waals surface area contributed by atoms with E-state index >= 15 is 0 Å². The molecule has 0 bridgehead atoms. The number of carbonyl (C=O) groups excluding carboxylic acids is 1. The van der Waals surface area contributed by atoms with Crippen LogP contribution in [0.3, 0.4) is 0 Å². The Balaban J connectivity index is 2.93. The summed E-state index contributed by atoms with van der Waals surface area (Å²) in [6.07, 6.45) is 0. The number of anilines is 2. The molecule has 1 rings (SSSR count). The van der Waals surface area contributed by atoms with Crippen molar-refractivity contribution in [3.63, 3.8) is 0 Å². The molecule has 20 heavy (non-hydrogen) atoms. The summed E-state index contributed by atoms with van der Waals surface area (Å²) in [5.41, 5.74) is 6.75. The molecule has 0 aromatic heterocycles. The molecule has 1 aromatic carbocycles. The molecule has 3 N–H and O–H groups in total. The Morgan fingerprint density at radius 3 is 2.45 bits per heavy atom. The maximum Gasteiger partial charge on any atom is 0.329 e. The van der Waals surface area contributed by atoms with E-state index in [9.17, 15) is 4.79 Å². The fourth-order valence-corrected chi connectivity index (χ4v) is 2.05. The number of hydrogen-bond donors (Lipinski definition) is 2. The molecular formula is C15H23BrN2O2. The van der Waals surface area contributed by atoms with Crippen molar-refractivity contribution in [2.24, 2.45) is 5.92 Å². The largest absolute Gasteiger partial charge is 0.458 e. The third-order valence-electron chi connectivity index (χ3n) is 2.65. The molecule has 0 saturated carbocycles. The molecule has 0 aliphatic rings. The molecule has 0 amide bonds. The lowest BCUT2D eigenvalue weighted by Crippen LogP contribution is -2.40. The topological polar surface area (TPSA) is 64.3 Å². The summed E-state index contributed by atoms with van der Waals surface area (Å²) in [6, 6.07) is 5.07. The fraction of sp³-hybridized carbons (Fsp3) is 0.533. The van der Waals surface area contributed by atoms with E-state index < -0.39 is 11.6 Å². The first-order valence-corrected chi connectivity index (χ1v) is 7.44. The van der Waals surface area contributed by atoms with Gasteiger partial charge in [-0.2, -0.15) is 0 Å². The second-order valence-electron chi connectivity index (χ2n) is 6.13. The van der Waals surface area contributed by atoms with Crippen LogP contribution in [0.5, 0.6) is 0 Å². The summed E-state index contributed by atoms with van der Waals surface area (Å²) < 4.78 is 6.35. The molecule has 0 saturated heterocycles. The van der Waals surface area contributed by atoms with Gasteiger partial charge in [-0.15, -0.1) is 0 Å². The Bertz CT molecular complexity index is 481. The highest BCUT2D eigenvalue weighted by atomic mass is 79.9. The van der Waals surface area contributed by atoms with Crippen molar-refractivity contribution < 1.29 is 9.53 Å². The molecular weight excluding hydrogens is 320 g/mol. The SMILES string of the molecule is CC(C)[C@H](Nc1cc(Br)ccc1N)C(=O)OC(C)(C)C. The number of benzene rings is 1. The van der Waals surface area contributed by atoms with E-state index in [1.54, 1.807) is 6.07 Å². The van der Waals surface area contributed by atoms with Crippen LogP contribution in [0.25, 0.3) is 0 Å². The fourth-order valence-electron chi connectivity index (χ4n) is 1.68. The van der Waals surface area contributed by atoms with Crippen molar-refractivity contribution in [3.05, 3.63) is 22.7 Å². The zero-order valence-corrected chi connectivity index (χ0v) is 14.2. The van der Waals surface area contributed by atoms with Crippen molar-refractivity contribution in [2.75, 3.05) is 11.1 Å². The van der Waals surface area contributed by atoms with Gasteiger partial charge >= 0.3 is 5.97 Å². The van der Waals surface area contributed by atoms with Gasteiger partial charge in [-0.1, -0.05) is 29.8 Å². The van der Waals surface area contributed by atoms with Gasteiger partial charge in [0.15, 0.2) is 0 Å². The first-order valence-electron chi connectivity index (χ1n) is 6.64. The van der Waals surface area contributed by atoms with Gasteiger partial charge in [0.2, 0.25) is 0 Å². The number of esters is 1. The van der Waals surface area contributed by atoms with Gasteiger partial charge in [0.25, 0.3) is 0 Å². The highest BCUT2D eigenvalue weighted by Crippen LogP contribution is 2.26. The number of nitrogens with two attached hydrogens (primary N) is 1. The minimum Gasteiger partial charge on any atom is -0.458 e. The van der Waals surface area contributed by atoms with Gasteiger partial charge in [0.1, 0.15) is 11.6 Å². The predicted octanol–water partition coefficient (Wildman–Crippen LogP) is 3.81. The van der Waals surface area contributed by atoms with Crippen molar-refractivity contribution in [2.45, 2.75) is 46.3 Å². The number of carbonyl (C=O) groups is 1. The van der Waals surface area contributed by atoms with E-state index in [-0.39, 0.29) is 11.9 Å². The van der Waals surface area contributed by atoms with Gasteiger partial charge < -0.3 is 15.8 Å². The second kappa shape index (κ2) is 6.48. The lowest BCUT2D eigenvalue weighted by molar-refractivity contribution is -0.156. The number of hydrogen-bond acceptors (Lipinski definition) is 4. The van der Waals surface area contributed by atoms with Crippen molar-refractivity contribution >= 4 is 33.3 Å². The van der Waals surface area contributed by atoms with Gasteiger partial charge in [0.05, 0.1) is 11.4 Å². The van der Waals surface area contributed by atoms with Crippen LogP contribution in [0.2, 0.25) is 0 Å². The number of nitrogens with one attached hydrogen (secondary N) is 1. The van der Waals surface area contributed by atoms with Crippen LogP contribution >= 0.6 is 15.9 Å². The van der Waals surface area contributed by atoms with Crippen LogP contribution in [-0.4, -0.2) is 17.6 Å². The molecule has 0 fully saturated rings. The normalized spacial score (nSPS) is 13.2. The minimum absolute atomic E-state index is 0.0863. The highest BCUT2D eigenvalue weighted by molar-refractivity contribution is 9.10. The number of nitrogen functional groups attached to an aromatic ring is 1. The van der Waals surface area contributed by atoms with Gasteiger partial charge in [0, 0.05) is 4.47 Å². The molecule has 0 aliphatic carbocycles. The maximum atomic E-state index is 12.3. The quantitative estimate of drug-likeness (QED) is 0.645. The first-order chi connectivity index (χ1) is 9.10. The Morgan fingerprint density at radius 2 is 1.95 bits per heavy atom. The lowest BCUT2D eigenvalue weighted by Gasteiger charge is -2.27. The summed E-state index contributed by atoms with van der Waals surface area (Å²) in [7, 11) is 0. The average molecular weight is 343 g/mol. The molecule has 0 spiro atoms. The van der Waals surface area contributed by atoms with E-state index in [0.717, 1.165) is 10.2 Å². The van der Waals surface area contributed by atoms with Gasteiger partial charge in [-0.05, 0) is 44.9 Å². The first kappa shape index (κ1) is 16.8. The second-order valence-corrected chi connectivity index (χ2v) is 7.05. The van der Waals surface area contributed by atoms with E-state index in [1.165, 1.54) is 0 Å². The van der Waals surface area contributed by atoms with Crippen molar-refractivity contribution in [1.29, 1.82) is 0 Å². The highest BCUT2D eigenvalue weighted by Gasteiger charge is 2.28. The Labute approximate surface area is 129 Å². The van der Waals surface area contributed by atoms with Crippen molar-refractivity contribution in [1.82, 2.24) is 0 Å². The smallest absolute Gasteiger partial charge is 0.329 e. The Morgan fingerprint density at radius 1 is 1.35 bits per heavy atom. The lowest BCUT2D eigenvalue weighted by atomic mass is 10.0. The number of ether oxygens (including phenoxy) is 1. The van der Waals surface area contributed by atoms with Crippen LogP contribution in [0.15, 0.2) is 22.7 Å². The summed E-state index contributed by atoms with van der Waals surface area (Å²) in [6.45, 7) is 9.51. The molecule has 0 unspecified atom stereocenters. The maximum absolute atomic E-state index is 12.3. The van der Waals surface area contributed by atoms with E-state index in [4.69, 9.17) is 10.5 Å². The van der Waals surface area contributed by atoms with Crippen LogP contribution in [0.4, 0.5) is 11.4 Å². The number of halogens is 1. The standard InChI is InChI=1S/C15H23BrN2O2/c1-9(2)13(14(19)20-15(3,4)5)18-12-8-10(16)6-7-11(12)17/h6-9,13,18H,17H2,1-5H3/t13-/m0/s1. The molecule has 0 aliphatic heterocycles. The predicted molar refractivity (Wildman–Crippen MR) is 86.6 cm³/mol. The molecule has 5 heteroatoms. The summed E-state index contributed by atoms with van der Waals surface area (Å²) >= 11 is 3.40. The van der Waals surface area contributed by atoms with E-state index in [0.29, 0.717) is 5.69 Å². The van der Waals surface area contributed by atoms with Crippen molar-refractivity contribution in [3.8, 4) is 0 Å². The molecule has 0 heterocycles. The summed E-state index contributed by atoms with van der Waals surface area (Å²) in [5.74, 6) is -0.185. The van der Waals surface area contributed by atoms with Crippen LogP contribution in [0, 0.1) is 5.92 Å². The molecule has 112 valence electrons. The molecule has 0 radical (unpaired) electrons. The molecule has 1 aromatic rings. The van der Waals surface area contributed by atoms with Crippen LogP contribution < -0.4 is 11.1 Å². The average Bonchev–Trinajstić information content (AvgIpc) is 2.27. The minimum atomic E-state index is -0.505. The monoisotopic (exact) mass is 342 g/mol. The Kier molecular flexibility index (Phi) is 5.45. The van der Waals surface area contributed by atoms with Crippen LogP contribution in [-0.2, 0) is 9.53 Å². The number of rotatable bonds is 4. The van der Waals surface area contributed by atoms with E-state index in [2.05, 4.69) is 21.2 Å². The zero-order valence-electron chi connectivity index (χ0n) is 12.7.